The molecule has 1 aromatic carbocycles. The zero-order valence-electron chi connectivity index (χ0n) is 17.2. The Labute approximate surface area is 181 Å². The predicted octanol–water partition coefficient (Wildman–Crippen LogP) is 3.37. The second-order valence-corrected chi connectivity index (χ2v) is 7.04. The molecule has 11 heteroatoms. The maximum atomic E-state index is 13.1. The Hall–Kier alpha value is -3.63. The van der Waals surface area contributed by atoms with Gasteiger partial charge in [0.05, 0.1) is 11.8 Å². The van der Waals surface area contributed by atoms with E-state index in [4.69, 9.17) is 4.74 Å². The number of ether oxygens (including phenoxy) is 2. The van der Waals surface area contributed by atoms with Gasteiger partial charge in [-0.25, -0.2) is 4.98 Å². The lowest BCUT2D eigenvalue weighted by Gasteiger charge is -2.28. The molecule has 4 rings (SSSR count). The van der Waals surface area contributed by atoms with Crippen LogP contribution in [0.1, 0.15) is 34.2 Å². The van der Waals surface area contributed by atoms with Gasteiger partial charge in [0.15, 0.2) is 0 Å². The van der Waals surface area contributed by atoms with Crippen LogP contribution in [0.2, 0.25) is 0 Å². The molecular weight excluding hydrogens is 427 g/mol. The summed E-state index contributed by atoms with van der Waals surface area (Å²) in [5, 5.41) is 4.59. The van der Waals surface area contributed by atoms with E-state index in [2.05, 4.69) is 19.8 Å². The molecular formula is C21H20F3N5O3. The van der Waals surface area contributed by atoms with Crippen molar-refractivity contribution in [1.82, 2.24) is 24.6 Å². The molecule has 0 spiro atoms. The first-order valence-electron chi connectivity index (χ1n) is 9.96. The number of hydrogen-bond acceptors (Lipinski definition) is 6. The molecule has 0 radical (unpaired) electrons. The number of benzene rings is 1. The van der Waals surface area contributed by atoms with Gasteiger partial charge in [0.25, 0.3) is 5.91 Å². The molecule has 0 fully saturated rings. The van der Waals surface area contributed by atoms with E-state index >= 15 is 0 Å². The van der Waals surface area contributed by atoms with Crippen molar-refractivity contribution >= 4 is 5.91 Å². The van der Waals surface area contributed by atoms with Crippen molar-refractivity contribution < 1.29 is 27.4 Å². The highest BCUT2D eigenvalue weighted by Gasteiger charge is 2.34. The number of alkyl halides is 3. The third kappa shape index (κ3) is 4.66. The fraction of sp³-hybridized carbons (Fsp3) is 0.333. The lowest BCUT2D eigenvalue weighted by Crippen LogP contribution is -2.37. The largest absolute Gasteiger partial charge is 0.573 e. The molecule has 3 heterocycles. The van der Waals surface area contributed by atoms with Crippen molar-refractivity contribution in [2.24, 2.45) is 0 Å². The molecule has 1 aliphatic heterocycles. The number of halogens is 3. The van der Waals surface area contributed by atoms with E-state index in [-0.39, 0.29) is 18.7 Å². The van der Waals surface area contributed by atoms with Gasteiger partial charge in [-0.05, 0) is 19.1 Å². The van der Waals surface area contributed by atoms with Crippen LogP contribution in [0.25, 0.3) is 0 Å². The quantitative estimate of drug-likeness (QED) is 0.576. The summed E-state index contributed by atoms with van der Waals surface area (Å²) < 4.78 is 49.9. The average Bonchev–Trinajstić information content (AvgIpc) is 3.14. The van der Waals surface area contributed by atoms with Gasteiger partial charge < -0.3 is 14.4 Å². The fourth-order valence-corrected chi connectivity index (χ4v) is 3.64. The van der Waals surface area contributed by atoms with Crippen molar-refractivity contribution in [2.75, 3.05) is 6.54 Å². The number of nitrogens with zero attached hydrogens (tertiary/aromatic N) is 5. The summed E-state index contributed by atoms with van der Waals surface area (Å²) in [6.45, 7) is 3.28. The third-order valence-electron chi connectivity index (χ3n) is 5.04. The Morgan fingerprint density at radius 3 is 2.75 bits per heavy atom. The molecule has 32 heavy (non-hydrogen) atoms. The monoisotopic (exact) mass is 447 g/mol. The van der Waals surface area contributed by atoms with Gasteiger partial charge in [-0.1, -0.05) is 12.1 Å². The highest BCUT2D eigenvalue weighted by Crippen LogP contribution is 2.30. The minimum Gasteiger partial charge on any atom is -0.470 e. The van der Waals surface area contributed by atoms with E-state index in [0.717, 1.165) is 17.3 Å². The zero-order valence-corrected chi connectivity index (χ0v) is 17.2. The second kappa shape index (κ2) is 8.85. The van der Waals surface area contributed by atoms with E-state index in [9.17, 15) is 18.0 Å². The lowest BCUT2D eigenvalue weighted by molar-refractivity contribution is -0.274. The van der Waals surface area contributed by atoms with Gasteiger partial charge in [0.1, 0.15) is 18.1 Å². The lowest BCUT2D eigenvalue weighted by atomic mass is 10.0. The summed E-state index contributed by atoms with van der Waals surface area (Å²) in [7, 11) is 0. The number of carbonyl (C=O) groups is 1. The van der Waals surface area contributed by atoms with Crippen molar-refractivity contribution in [2.45, 2.75) is 39.4 Å². The van der Waals surface area contributed by atoms with Crippen LogP contribution in [0.5, 0.6) is 11.6 Å². The first kappa shape index (κ1) is 21.6. The summed E-state index contributed by atoms with van der Waals surface area (Å²) in [5.41, 5.74) is 2.30. The molecule has 1 aliphatic rings. The molecule has 0 N–H and O–H groups in total. The maximum Gasteiger partial charge on any atom is 0.573 e. The van der Waals surface area contributed by atoms with Gasteiger partial charge in [-0.3, -0.25) is 14.5 Å². The minimum absolute atomic E-state index is 0.129. The smallest absolute Gasteiger partial charge is 0.470 e. The van der Waals surface area contributed by atoms with Crippen molar-refractivity contribution in [3.8, 4) is 11.6 Å². The van der Waals surface area contributed by atoms with Crippen LogP contribution in [0.15, 0.2) is 42.9 Å². The van der Waals surface area contributed by atoms with E-state index in [1.807, 2.05) is 11.6 Å². The first-order chi connectivity index (χ1) is 15.4. The molecule has 0 unspecified atom stereocenters. The maximum absolute atomic E-state index is 13.1. The molecule has 0 bridgehead atoms. The Morgan fingerprint density at radius 2 is 2.03 bits per heavy atom. The Bertz CT molecular complexity index is 1100. The molecule has 0 atom stereocenters. The van der Waals surface area contributed by atoms with Crippen molar-refractivity contribution in [3.63, 3.8) is 0 Å². The summed E-state index contributed by atoms with van der Waals surface area (Å²) in [6.07, 6.45) is 0.158. The summed E-state index contributed by atoms with van der Waals surface area (Å²) in [6, 6.07) is 5.35. The van der Waals surface area contributed by atoms with Crippen LogP contribution in [0.3, 0.4) is 0 Å². The molecule has 0 aliphatic carbocycles. The molecule has 2 aromatic heterocycles. The van der Waals surface area contributed by atoms with Gasteiger partial charge >= 0.3 is 6.36 Å². The molecule has 8 nitrogen and oxygen atoms in total. The summed E-state index contributed by atoms with van der Waals surface area (Å²) >= 11 is 0. The van der Waals surface area contributed by atoms with Crippen LogP contribution in [0, 0.1) is 0 Å². The Morgan fingerprint density at radius 1 is 1.22 bits per heavy atom. The fourth-order valence-electron chi connectivity index (χ4n) is 3.64. The number of rotatable bonds is 6. The molecule has 168 valence electrons. The van der Waals surface area contributed by atoms with Crippen LogP contribution < -0.4 is 9.47 Å². The molecule has 3 aromatic rings. The molecule has 0 saturated carbocycles. The van der Waals surface area contributed by atoms with Crippen LogP contribution in [-0.2, 0) is 26.1 Å². The first-order valence-corrected chi connectivity index (χ1v) is 9.96. The summed E-state index contributed by atoms with van der Waals surface area (Å²) in [5.74, 6) is -0.721. The van der Waals surface area contributed by atoms with Crippen LogP contribution >= 0.6 is 0 Å². The highest BCUT2D eigenvalue weighted by molar-refractivity contribution is 5.97. The van der Waals surface area contributed by atoms with E-state index in [0.29, 0.717) is 31.1 Å². The van der Waals surface area contributed by atoms with E-state index in [1.165, 1.54) is 41.7 Å². The van der Waals surface area contributed by atoms with Gasteiger partial charge in [0.2, 0.25) is 5.88 Å². The Kier molecular flexibility index (Phi) is 5.97. The van der Waals surface area contributed by atoms with Crippen LogP contribution in [0.4, 0.5) is 13.2 Å². The number of hydrogen-bond donors (Lipinski definition) is 0. The number of para-hydroxylation sites is 1. The second-order valence-electron chi connectivity index (χ2n) is 7.04. The number of carbonyl (C=O) groups excluding carboxylic acids is 1. The van der Waals surface area contributed by atoms with Gasteiger partial charge in [-0.2, -0.15) is 5.10 Å². The number of amides is 1. The average molecular weight is 447 g/mol. The minimum atomic E-state index is -4.89. The normalized spacial score (nSPS) is 13.6. The van der Waals surface area contributed by atoms with E-state index in [1.54, 1.807) is 0 Å². The van der Waals surface area contributed by atoms with Crippen molar-refractivity contribution in [1.29, 1.82) is 0 Å². The molecule has 1 amide bonds. The number of aromatic nitrogens is 4. The highest BCUT2D eigenvalue weighted by atomic mass is 19.4. The SMILES string of the molecule is CCn1nc(COc2cnccn2)c2c1CCN(C(=O)c1ccccc1OC(F)(F)F)C2. The summed E-state index contributed by atoms with van der Waals surface area (Å²) in [4.78, 5) is 22.6. The van der Waals surface area contributed by atoms with Gasteiger partial charge in [-0.15, -0.1) is 13.2 Å². The van der Waals surface area contributed by atoms with E-state index < -0.39 is 18.0 Å². The van der Waals surface area contributed by atoms with Gasteiger partial charge in [0, 0.05) is 49.7 Å². The zero-order chi connectivity index (χ0) is 22.7. The predicted molar refractivity (Wildman–Crippen MR) is 106 cm³/mol. The van der Waals surface area contributed by atoms with Crippen molar-refractivity contribution in [3.05, 3.63) is 65.4 Å². The standard InChI is InChI=1S/C21H20F3N5O3/c1-2-29-17-7-10-28(20(30)14-5-3-4-6-18(14)32-21(22,23)24)12-15(17)16(27-29)13-31-19-11-25-8-9-26-19/h3-6,8-9,11H,2,7,10,12-13H2,1H3. The topological polar surface area (TPSA) is 82.4 Å². The number of aryl methyl sites for hydroxylation is 1. The molecule has 0 saturated heterocycles. The Balaban J connectivity index is 1.57. The van der Waals surface area contributed by atoms with Crippen LogP contribution in [-0.4, -0.2) is 43.5 Å². The third-order valence-corrected chi connectivity index (χ3v) is 5.04. The number of fused-ring (bicyclic) bond motifs is 1.